The molecule has 6 nitrogen and oxygen atoms in total. The fourth-order valence-corrected chi connectivity index (χ4v) is 2.82. The summed E-state index contributed by atoms with van der Waals surface area (Å²) in [6, 6.07) is 6.49. The third kappa shape index (κ3) is 5.58. The van der Waals surface area contributed by atoms with E-state index in [0.29, 0.717) is 31.2 Å². The van der Waals surface area contributed by atoms with E-state index in [1.54, 1.807) is 25.1 Å². The molecular weight excluding hydrogens is 375 g/mol. The van der Waals surface area contributed by atoms with Gasteiger partial charge in [0.05, 0.1) is 17.4 Å². The van der Waals surface area contributed by atoms with Gasteiger partial charge in [-0.3, -0.25) is 9.59 Å². The quantitative estimate of drug-likeness (QED) is 0.627. The molecule has 2 N–H and O–H groups in total. The molecule has 2 rings (SSSR count). The van der Waals surface area contributed by atoms with E-state index in [0.717, 1.165) is 10.9 Å². The van der Waals surface area contributed by atoms with Crippen molar-refractivity contribution in [2.75, 3.05) is 6.54 Å². The number of rotatable bonds is 9. The number of nitrogens with zero attached hydrogens (tertiary/aromatic N) is 2. The van der Waals surface area contributed by atoms with Crippen LogP contribution in [0, 0.1) is 6.92 Å². The molecule has 1 aromatic carbocycles. The molecule has 0 atom stereocenters. The first kappa shape index (κ1) is 21.5. The second-order valence-corrected chi connectivity index (χ2v) is 6.42. The summed E-state index contributed by atoms with van der Waals surface area (Å²) in [6.07, 6.45) is -1.29. The van der Waals surface area contributed by atoms with Gasteiger partial charge >= 0.3 is 12.1 Å². The molecule has 9 heteroatoms. The summed E-state index contributed by atoms with van der Waals surface area (Å²) in [4.78, 5) is 22.7. The average molecular weight is 397 g/mol. The SMILES string of the molecule is Cc1ccccc1-n1ncc(C(=O)NCCCCCCC(=O)O)c1C(F)(F)F. The number of carboxylic acid groups (broad SMARTS) is 1. The van der Waals surface area contributed by atoms with Crippen molar-refractivity contribution in [3.63, 3.8) is 0 Å². The van der Waals surface area contributed by atoms with Crippen LogP contribution >= 0.6 is 0 Å². The first-order valence-electron chi connectivity index (χ1n) is 8.93. The smallest absolute Gasteiger partial charge is 0.434 e. The molecular formula is C19H22F3N3O3. The van der Waals surface area contributed by atoms with Crippen LogP contribution < -0.4 is 5.32 Å². The molecule has 152 valence electrons. The van der Waals surface area contributed by atoms with Crippen molar-refractivity contribution in [1.82, 2.24) is 15.1 Å². The van der Waals surface area contributed by atoms with Crippen LogP contribution in [-0.2, 0) is 11.0 Å². The van der Waals surface area contributed by atoms with E-state index >= 15 is 0 Å². The van der Waals surface area contributed by atoms with E-state index < -0.39 is 29.3 Å². The Kier molecular flexibility index (Phi) is 7.19. The Labute approximate surface area is 160 Å². The van der Waals surface area contributed by atoms with Crippen molar-refractivity contribution in [3.05, 3.63) is 47.3 Å². The average Bonchev–Trinajstić information content (AvgIpc) is 3.06. The van der Waals surface area contributed by atoms with Gasteiger partial charge < -0.3 is 10.4 Å². The van der Waals surface area contributed by atoms with Crippen LogP contribution in [0.4, 0.5) is 13.2 Å². The number of aliphatic carboxylic acids is 1. The number of alkyl halides is 3. The fourth-order valence-electron chi connectivity index (χ4n) is 2.82. The van der Waals surface area contributed by atoms with Gasteiger partial charge in [0.15, 0.2) is 5.69 Å². The van der Waals surface area contributed by atoms with Crippen LogP contribution in [0.25, 0.3) is 5.69 Å². The highest BCUT2D eigenvalue weighted by atomic mass is 19.4. The van der Waals surface area contributed by atoms with Crippen LogP contribution in [0.2, 0.25) is 0 Å². The van der Waals surface area contributed by atoms with Crippen molar-refractivity contribution in [1.29, 1.82) is 0 Å². The lowest BCUT2D eigenvalue weighted by atomic mass is 10.1. The van der Waals surface area contributed by atoms with Crippen LogP contribution in [0.5, 0.6) is 0 Å². The highest BCUT2D eigenvalue weighted by molar-refractivity contribution is 5.95. The number of carbonyl (C=O) groups excluding carboxylic acids is 1. The molecule has 0 saturated carbocycles. The largest absolute Gasteiger partial charge is 0.481 e. The number of carbonyl (C=O) groups is 2. The third-order valence-electron chi connectivity index (χ3n) is 4.23. The standard InChI is InChI=1S/C19H22F3N3O3/c1-13-8-5-6-9-15(13)25-17(19(20,21)22)14(12-24-25)18(28)23-11-7-3-2-4-10-16(26)27/h5-6,8-9,12H,2-4,7,10-11H2,1H3,(H,23,28)(H,26,27). The molecule has 0 aliphatic rings. The van der Waals surface area contributed by atoms with Gasteiger partial charge in [-0.25, -0.2) is 4.68 Å². The summed E-state index contributed by atoms with van der Waals surface area (Å²) in [7, 11) is 0. The Hall–Kier alpha value is -2.84. The van der Waals surface area contributed by atoms with Crippen LogP contribution in [0.3, 0.4) is 0 Å². The highest BCUT2D eigenvalue weighted by Gasteiger charge is 2.40. The zero-order valence-electron chi connectivity index (χ0n) is 15.4. The van der Waals surface area contributed by atoms with Gasteiger partial charge in [-0.05, 0) is 31.4 Å². The summed E-state index contributed by atoms with van der Waals surface area (Å²) in [5.41, 5.74) is -0.779. The zero-order chi connectivity index (χ0) is 20.7. The van der Waals surface area contributed by atoms with Gasteiger partial charge in [0, 0.05) is 13.0 Å². The van der Waals surface area contributed by atoms with E-state index in [2.05, 4.69) is 10.4 Å². The number of aromatic nitrogens is 2. The second kappa shape index (κ2) is 9.38. The van der Waals surface area contributed by atoms with Crippen molar-refractivity contribution in [2.24, 2.45) is 0 Å². The Morgan fingerprint density at radius 1 is 1.14 bits per heavy atom. The summed E-state index contributed by atoms with van der Waals surface area (Å²) in [5.74, 6) is -1.70. The molecule has 28 heavy (non-hydrogen) atoms. The second-order valence-electron chi connectivity index (χ2n) is 6.42. The predicted octanol–water partition coefficient (Wildman–Crippen LogP) is 3.96. The van der Waals surface area contributed by atoms with Crippen molar-refractivity contribution in [3.8, 4) is 5.69 Å². The Balaban J connectivity index is 2.06. The topological polar surface area (TPSA) is 84.2 Å². The van der Waals surface area contributed by atoms with Gasteiger partial charge in [0.1, 0.15) is 0 Å². The number of halogens is 3. The summed E-state index contributed by atoms with van der Waals surface area (Å²) >= 11 is 0. The van der Waals surface area contributed by atoms with E-state index in [1.807, 2.05) is 0 Å². The van der Waals surface area contributed by atoms with E-state index in [1.165, 1.54) is 6.07 Å². The maximum Gasteiger partial charge on any atom is 0.434 e. The lowest BCUT2D eigenvalue weighted by Crippen LogP contribution is -2.27. The lowest BCUT2D eigenvalue weighted by molar-refractivity contribution is -0.143. The Morgan fingerprint density at radius 2 is 1.82 bits per heavy atom. The number of benzene rings is 1. The number of hydrogen-bond acceptors (Lipinski definition) is 3. The molecule has 1 amide bonds. The Morgan fingerprint density at radius 3 is 2.46 bits per heavy atom. The number of hydrogen-bond donors (Lipinski definition) is 2. The first-order chi connectivity index (χ1) is 13.2. The minimum Gasteiger partial charge on any atom is -0.481 e. The van der Waals surface area contributed by atoms with Gasteiger partial charge in [0.2, 0.25) is 0 Å². The van der Waals surface area contributed by atoms with Gasteiger partial charge in [-0.1, -0.05) is 31.0 Å². The molecule has 1 aromatic heterocycles. The summed E-state index contributed by atoms with van der Waals surface area (Å²) < 4.78 is 41.6. The van der Waals surface area contributed by atoms with Crippen LogP contribution in [0.1, 0.15) is 53.7 Å². The van der Waals surface area contributed by atoms with E-state index in [4.69, 9.17) is 5.11 Å². The minimum absolute atomic E-state index is 0.0827. The molecule has 0 fully saturated rings. The molecule has 0 spiro atoms. The molecule has 2 aromatic rings. The highest BCUT2D eigenvalue weighted by Crippen LogP contribution is 2.34. The van der Waals surface area contributed by atoms with Crippen molar-refractivity contribution >= 4 is 11.9 Å². The maximum absolute atomic E-state index is 13.6. The summed E-state index contributed by atoms with van der Waals surface area (Å²) in [6.45, 7) is 1.88. The normalized spacial score (nSPS) is 11.4. The van der Waals surface area contributed by atoms with Gasteiger partial charge in [-0.2, -0.15) is 18.3 Å². The van der Waals surface area contributed by atoms with E-state index in [-0.39, 0.29) is 18.7 Å². The third-order valence-corrected chi connectivity index (χ3v) is 4.23. The molecule has 0 aliphatic heterocycles. The van der Waals surface area contributed by atoms with Gasteiger partial charge in [-0.15, -0.1) is 0 Å². The molecule has 1 heterocycles. The molecule has 0 saturated heterocycles. The number of unbranched alkanes of at least 4 members (excludes halogenated alkanes) is 3. The number of para-hydroxylation sites is 1. The number of carboxylic acids is 1. The summed E-state index contributed by atoms with van der Waals surface area (Å²) in [5, 5.41) is 14.8. The maximum atomic E-state index is 13.6. The number of aryl methyl sites for hydroxylation is 1. The molecule has 0 aliphatic carbocycles. The Bertz CT molecular complexity index is 831. The number of nitrogens with one attached hydrogen (secondary N) is 1. The molecule has 0 radical (unpaired) electrons. The van der Waals surface area contributed by atoms with Gasteiger partial charge in [0.25, 0.3) is 5.91 Å². The van der Waals surface area contributed by atoms with Crippen molar-refractivity contribution < 1.29 is 27.9 Å². The number of amides is 1. The van der Waals surface area contributed by atoms with Crippen LogP contribution in [0.15, 0.2) is 30.5 Å². The fraction of sp³-hybridized carbons (Fsp3) is 0.421. The molecule has 0 unspecified atom stereocenters. The van der Waals surface area contributed by atoms with Crippen molar-refractivity contribution in [2.45, 2.75) is 45.2 Å². The molecule has 0 bridgehead atoms. The lowest BCUT2D eigenvalue weighted by Gasteiger charge is -2.14. The van der Waals surface area contributed by atoms with E-state index in [9.17, 15) is 22.8 Å². The monoisotopic (exact) mass is 397 g/mol. The first-order valence-corrected chi connectivity index (χ1v) is 8.93. The van der Waals surface area contributed by atoms with Crippen LogP contribution in [-0.4, -0.2) is 33.3 Å². The minimum atomic E-state index is -4.75. The zero-order valence-corrected chi connectivity index (χ0v) is 15.4. The predicted molar refractivity (Wildman–Crippen MR) is 96.4 cm³/mol.